The molecule has 0 radical (unpaired) electrons. The van der Waals surface area contributed by atoms with Gasteiger partial charge in [-0.3, -0.25) is 4.90 Å². The molecule has 3 unspecified atom stereocenters. The van der Waals surface area contributed by atoms with Gasteiger partial charge in [0.2, 0.25) is 5.89 Å². The highest BCUT2D eigenvalue weighted by Gasteiger charge is 2.59. The Kier molecular flexibility index (Phi) is 4.34. The van der Waals surface area contributed by atoms with Crippen LogP contribution in [0.3, 0.4) is 0 Å². The number of aryl methyl sites for hydroxylation is 1. The van der Waals surface area contributed by atoms with E-state index in [1.165, 1.54) is 30.4 Å². The number of hydrogen-bond donors (Lipinski definition) is 1. The Balaban J connectivity index is 0.00000157. The second kappa shape index (κ2) is 6.38. The molecule has 0 amide bonds. The molecule has 3 aliphatic rings. The molecule has 1 saturated carbocycles. The molecule has 1 N–H and O–H groups in total. The molecule has 25 heavy (non-hydrogen) atoms. The van der Waals surface area contributed by atoms with Gasteiger partial charge in [-0.15, -0.1) is 12.4 Å². The fourth-order valence-corrected chi connectivity index (χ4v) is 4.77. The van der Waals surface area contributed by atoms with Crippen LogP contribution in [0.5, 0.6) is 0 Å². The number of fused-ring (bicyclic) bond motifs is 2. The summed E-state index contributed by atoms with van der Waals surface area (Å²) in [4.78, 5) is 7.12. The van der Waals surface area contributed by atoms with E-state index in [1.54, 1.807) is 0 Å². The highest BCUT2D eigenvalue weighted by Crippen LogP contribution is 2.64. The zero-order chi connectivity index (χ0) is 16.1. The third-order valence-corrected chi connectivity index (χ3v) is 6.26. The Hall–Kier alpha value is -1.43. The van der Waals surface area contributed by atoms with Gasteiger partial charge in [-0.2, -0.15) is 4.98 Å². The smallest absolute Gasteiger partial charge is 0.230 e. The summed E-state index contributed by atoms with van der Waals surface area (Å²) in [6.45, 7) is 2.95. The second-order valence-corrected chi connectivity index (χ2v) is 7.61. The number of likely N-dealkylation sites (N-methyl/N-ethyl adjacent to an activating group) is 1. The Morgan fingerprint density at radius 3 is 3.08 bits per heavy atom. The number of hydrogen-bond acceptors (Lipinski definition) is 5. The standard InChI is InChI=1S/C19H24N4O.ClH/c1-23-10-9-20-12-16(23)17-21-18(24-22-17)15-11-19(15)8-4-6-13-5-2-3-7-14(13)19;/h2-3,5,7,15-16,20H,4,6,8-12H2,1H3;1H. The third kappa shape index (κ3) is 2.69. The summed E-state index contributed by atoms with van der Waals surface area (Å²) < 4.78 is 5.72. The van der Waals surface area contributed by atoms with Crippen molar-refractivity contribution >= 4 is 12.4 Å². The van der Waals surface area contributed by atoms with Crippen LogP contribution >= 0.6 is 12.4 Å². The molecule has 1 saturated heterocycles. The fourth-order valence-electron chi connectivity index (χ4n) is 4.77. The zero-order valence-corrected chi connectivity index (χ0v) is 15.4. The zero-order valence-electron chi connectivity index (χ0n) is 14.6. The van der Waals surface area contributed by atoms with Crippen LogP contribution in [0.2, 0.25) is 0 Å². The van der Waals surface area contributed by atoms with Gasteiger partial charge in [0.25, 0.3) is 0 Å². The van der Waals surface area contributed by atoms with Gasteiger partial charge >= 0.3 is 0 Å². The van der Waals surface area contributed by atoms with Gasteiger partial charge in [-0.25, -0.2) is 0 Å². The third-order valence-electron chi connectivity index (χ3n) is 6.26. The lowest BCUT2D eigenvalue weighted by Crippen LogP contribution is -2.44. The summed E-state index contributed by atoms with van der Waals surface area (Å²) in [7, 11) is 2.14. The van der Waals surface area contributed by atoms with Crippen LogP contribution in [0.15, 0.2) is 28.8 Å². The minimum atomic E-state index is 0. The number of aromatic nitrogens is 2. The maximum atomic E-state index is 5.72. The minimum absolute atomic E-state index is 0. The van der Waals surface area contributed by atoms with Crippen LogP contribution in [0.4, 0.5) is 0 Å². The molecule has 2 aliphatic carbocycles. The van der Waals surface area contributed by atoms with E-state index in [1.807, 2.05) is 0 Å². The topological polar surface area (TPSA) is 54.2 Å². The van der Waals surface area contributed by atoms with E-state index in [9.17, 15) is 0 Å². The van der Waals surface area contributed by atoms with Crippen molar-refractivity contribution < 1.29 is 4.52 Å². The molecule has 1 spiro atoms. The maximum Gasteiger partial charge on any atom is 0.230 e. The Morgan fingerprint density at radius 1 is 1.32 bits per heavy atom. The van der Waals surface area contributed by atoms with E-state index in [0.717, 1.165) is 37.8 Å². The molecule has 134 valence electrons. The van der Waals surface area contributed by atoms with E-state index in [0.29, 0.717) is 5.92 Å². The Labute approximate surface area is 154 Å². The maximum absolute atomic E-state index is 5.72. The molecular weight excluding hydrogens is 336 g/mol. The first-order valence-corrected chi connectivity index (χ1v) is 9.11. The first kappa shape index (κ1) is 17.0. The number of nitrogens with zero attached hydrogens (tertiary/aromatic N) is 3. The van der Waals surface area contributed by atoms with Crippen molar-refractivity contribution in [2.75, 3.05) is 26.7 Å². The van der Waals surface area contributed by atoms with Gasteiger partial charge in [-0.1, -0.05) is 29.4 Å². The lowest BCUT2D eigenvalue weighted by Gasteiger charge is -2.30. The van der Waals surface area contributed by atoms with E-state index < -0.39 is 0 Å². The Morgan fingerprint density at radius 2 is 2.20 bits per heavy atom. The van der Waals surface area contributed by atoms with Gasteiger partial charge in [0.1, 0.15) is 0 Å². The van der Waals surface area contributed by atoms with Crippen molar-refractivity contribution in [2.45, 2.75) is 43.1 Å². The van der Waals surface area contributed by atoms with Gasteiger partial charge < -0.3 is 9.84 Å². The van der Waals surface area contributed by atoms with Crippen molar-refractivity contribution in [2.24, 2.45) is 0 Å². The normalized spacial score (nSPS) is 31.4. The lowest BCUT2D eigenvalue weighted by molar-refractivity contribution is 0.190. The average molecular weight is 361 g/mol. The number of nitrogens with one attached hydrogen (secondary N) is 1. The minimum Gasteiger partial charge on any atom is -0.339 e. The summed E-state index contributed by atoms with van der Waals surface area (Å²) >= 11 is 0. The molecular formula is C19H25ClN4O. The largest absolute Gasteiger partial charge is 0.339 e. The van der Waals surface area contributed by atoms with E-state index in [4.69, 9.17) is 9.51 Å². The number of halogens is 1. The van der Waals surface area contributed by atoms with Crippen molar-refractivity contribution in [3.05, 3.63) is 47.1 Å². The highest BCUT2D eigenvalue weighted by molar-refractivity contribution is 5.85. The quantitative estimate of drug-likeness (QED) is 0.892. The van der Waals surface area contributed by atoms with Gasteiger partial charge in [0.05, 0.1) is 6.04 Å². The predicted molar refractivity (Wildman–Crippen MR) is 98.2 cm³/mol. The molecule has 5 rings (SSSR count). The van der Waals surface area contributed by atoms with Gasteiger partial charge in [0.15, 0.2) is 5.82 Å². The molecule has 2 fully saturated rings. The Bertz CT molecular complexity index is 763. The summed E-state index contributed by atoms with van der Waals surface area (Å²) in [5.74, 6) is 2.09. The van der Waals surface area contributed by atoms with Crippen LogP contribution < -0.4 is 5.32 Å². The summed E-state index contributed by atoms with van der Waals surface area (Å²) in [6, 6.07) is 9.15. The van der Waals surface area contributed by atoms with E-state index in [2.05, 4.69) is 46.7 Å². The first-order valence-electron chi connectivity index (χ1n) is 9.11. The second-order valence-electron chi connectivity index (χ2n) is 7.61. The van der Waals surface area contributed by atoms with Gasteiger partial charge in [0, 0.05) is 31.0 Å². The van der Waals surface area contributed by atoms with Crippen LogP contribution in [0, 0.1) is 0 Å². The van der Waals surface area contributed by atoms with Crippen LogP contribution in [-0.2, 0) is 11.8 Å². The molecule has 1 aromatic heterocycles. The number of piperazine rings is 1. The van der Waals surface area contributed by atoms with Crippen LogP contribution in [-0.4, -0.2) is 41.7 Å². The average Bonchev–Trinajstić information content (AvgIpc) is 3.11. The van der Waals surface area contributed by atoms with Gasteiger partial charge in [-0.05, 0) is 43.9 Å². The lowest BCUT2D eigenvalue weighted by atomic mass is 9.78. The summed E-state index contributed by atoms with van der Waals surface area (Å²) in [5.41, 5.74) is 3.30. The van der Waals surface area contributed by atoms with E-state index >= 15 is 0 Å². The van der Waals surface area contributed by atoms with Crippen LogP contribution in [0.1, 0.15) is 54.1 Å². The predicted octanol–water partition coefficient (Wildman–Crippen LogP) is 2.83. The summed E-state index contributed by atoms with van der Waals surface area (Å²) in [6.07, 6.45) is 4.88. The fraction of sp³-hybridized carbons (Fsp3) is 0.579. The van der Waals surface area contributed by atoms with Crippen LogP contribution in [0.25, 0.3) is 0 Å². The highest BCUT2D eigenvalue weighted by atomic mass is 35.5. The molecule has 5 nitrogen and oxygen atoms in total. The molecule has 3 atom stereocenters. The molecule has 2 aromatic rings. The molecule has 1 aliphatic heterocycles. The monoisotopic (exact) mass is 360 g/mol. The molecule has 6 heteroatoms. The van der Waals surface area contributed by atoms with Crippen molar-refractivity contribution in [3.8, 4) is 0 Å². The molecule has 2 heterocycles. The number of rotatable bonds is 2. The summed E-state index contributed by atoms with van der Waals surface area (Å²) in [5, 5.41) is 7.74. The first-order chi connectivity index (χ1) is 11.8. The van der Waals surface area contributed by atoms with Crippen molar-refractivity contribution in [3.63, 3.8) is 0 Å². The van der Waals surface area contributed by atoms with E-state index in [-0.39, 0.29) is 23.9 Å². The number of benzene rings is 1. The molecule has 0 bridgehead atoms. The van der Waals surface area contributed by atoms with Crippen molar-refractivity contribution in [1.82, 2.24) is 20.4 Å². The molecule has 1 aromatic carbocycles. The van der Waals surface area contributed by atoms with Crippen molar-refractivity contribution in [1.29, 1.82) is 0 Å². The SMILES string of the molecule is CN1CCNCC1c1noc(C2CC23CCCc2ccccc23)n1.Cl.